The highest BCUT2D eigenvalue weighted by molar-refractivity contribution is 6.07. The summed E-state index contributed by atoms with van der Waals surface area (Å²) in [7, 11) is 0. The number of amides is 2. The van der Waals surface area contributed by atoms with Crippen molar-refractivity contribution >= 4 is 23.5 Å². The van der Waals surface area contributed by atoms with Crippen molar-refractivity contribution in [3.63, 3.8) is 0 Å². The lowest BCUT2D eigenvalue weighted by Crippen LogP contribution is -2.34. The molecule has 0 radical (unpaired) electrons. The summed E-state index contributed by atoms with van der Waals surface area (Å²) in [6.45, 7) is 3.84. The number of nitrogens with one attached hydrogen (secondary N) is 1. The van der Waals surface area contributed by atoms with E-state index < -0.39 is 11.9 Å². The molecule has 0 fully saturated rings. The van der Waals surface area contributed by atoms with Crippen molar-refractivity contribution in [1.29, 1.82) is 0 Å². The predicted molar refractivity (Wildman–Crippen MR) is 112 cm³/mol. The van der Waals surface area contributed by atoms with Gasteiger partial charge in [0.15, 0.2) is 12.4 Å². The van der Waals surface area contributed by atoms with E-state index in [9.17, 15) is 14.4 Å². The van der Waals surface area contributed by atoms with Gasteiger partial charge in [0.1, 0.15) is 0 Å². The average Bonchev–Trinajstić information content (AvgIpc) is 3.30. The van der Waals surface area contributed by atoms with Crippen LogP contribution in [0.4, 0.5) is 5.69 Å². The topological polar surface area (TPSA) is 88.9 Å². The molecule has 30 heavy (non-hydrogen) atoms. The lowest BCUT2D eigenvalue weighted by atomic mass is 10.0. The molecule has 158 valence electrons. The van der Waals surface area contributed by atoms with Gasteiger partial charge in [0.05, 0.1) is 17.5 Å². The number of ether oxygens (including phenoxy) is 1. The number of furan rings is 1. The Morgan fingerprint density at radius 1 is 1.17 bits per heavy atom. The number of para-hydroxylation sites is 1. The van der Waals surface area contributed by atoms with Crippen LogP contribution in [-0.4, -0.2) is 35.8 Å². The molecule has 0 saturated carbocycles. The van der Waals surface area contributed by atoms with Gasteiger partial charge in [-0.15, -0.1) is 0 Å². The van der Waals surface area contributed by atoms with Crippen molar-refractivity contribution < 1.29 is 23.5 Å². The molecule has 0 atom stereocenters. The smallest absolute Gasteiger partial charge is 0.340 e. The molecule has 0 saturated heterocycles. The summed E-state index contributed by atoms with van der Waals surface area (Å²) in [5, 5.41) is 2.70. The molecular formula is C23H26N2O5. The summed E-state index contributed by atoms with van der Waals surface area (Å²) in [5.74, 6) is -1.27. The molecule has 1 aliphatic carbocycles. The van der Waals surface area contributed by atoms with Gasteiger partial charge in [-0.2, -0.15) is 0 Å². The number of benzene rings is 1. The van der Waals surface area contributed by atoms with Gasteiger partial charge in [0, 0.05) is 12.2 Å². The number of allylic oxidation sites excluding steroid dienone is 2. The number of nitrogens with zero attached hydrogens (tertiary/aromatic N) is 1. The number of carbonyl (C=O) groups is 3. The Morgan fingerprint density at radius 2 is 2.00 bits per heavy atom. The van der Waals surface area contributed by atoms with Crippen LogP contribution in [-0.2, 0) is 9.53 Å². The summed E-state index contributed by atoms with van der Waals surface area (Å²) in [6.07, 6.45) is 7.47. The quantitative estimate of drug-likeness (QED) is 0.688. The fraction of sp³-hybridized carbons (Fsp3) is 0.348. The fourth-order valence-corrected chi connectivity index (χ4v) is 3.48. The molecule has 0 aliphatic heterocycles. The highest BCUT2D eigenvalue weighted by Crippen LogP contribution is 2.23. The van der Waals surface area contributed by atoms with Crippen LogP contribution in [0.15, 0.2) is 52.8 Å². The molecule has 1 N–H and O–H groups in total. The summed E-state index contributed by atoms with van der Waals surface area (Å²) < 4.78 is 10.4. The lowest BCUT2D eigenvalue weighted by Gasteiger charge is -2.26. The summed E-state index contributed by atoms with van der Waals surface area (Å²) in [6, 6.07) is 8.16. The van der Waals surface area contributed by atoms with Crippen LogP contribution in [0.1, 0.15) is 59.1 Å². The van der Waals surface area contributed by atoms with Gasteiger partial charge in [-0.1, -0.05) is 18.2 Å². The Labute approximate surface area is 175 Å². The number of carbonyl (C=O) groups excluding carboxylic acids is 3. The van der Waals surface area contributed by atoms with Gasteiger partial charge in [-0.05, 0) is 63.3 Å². The van der Waals surface area contributed by atoms with Gasteiger partial charge >= 0.3 is 5.97 Å². The maximum absolute atomic E-state index is 12.7. The van der Waals surface area contributed by atoms with Crippen LogP contribution in [0, 0.1) is 6.92 Å². The van der Waals surface area contributed by atoms with E-state index in [0.29, 0.717) is 17.8 Å². The third-order valence-corrected chi connectivity index (χ3v) is 5.03. The second-order valence-corrected chi connectivity index (χ2v) is 7.08. The molecule has 0 unspecified atom stereocenters. The number of rotatable bonds is 7. The van der Waals surface area contributed by atoms with Crippen molar-refractivity contribution in [2.45, 2.75) is 39.5 Å². The summed E-state index contributed by atoms with van der Waals surface area (Å²) in [5.41, 5.74) is 2.20. The van der Waals surface area contributed by atoms with Gasteiger partial charge in [0.25, 0.3) is 11.8 Å². The van der Waals surface area contributed by atoms with Gasteiger partial charge in [-0.25, -0.2) is 4.79 Å². The standard InChI is InChI=1S/C23H26N2O5/c1-3-25(17-10-5-4-6-11-17)20(26)15-30-23(28)18-12-7-9-16(2)21(18)24-22(27)19-13-8-14-29-19/h7-10,12-14H,3-6,11,15H2,1-2H3,(H,24,27). The van der Waals surface area contributed by atoms with E-state index >= 15 is 0 Å². The van der Waals surface area contributed by atoms with E-state index in [0.717, 1.165) is 31.4 Å². The highest BCUT2D eigenvalue weighted by Gasteiger charge is 2.22. The number of hydrogen-bond acceptors (Lipinski definition) is 5. The van der Waals surface area contributed by atoms with E-state index in [1.807, 2.05) is 6.92 Å². The van der Waals surface area contributed by atoms with Crippen molar-refractivity contribution in [2.75, 3.05) is 18.5 Å². The first-order valence-corrected chi connectivity index (χ1v) is 10.1. The number of anilines is 1. The van der Waals surface area contributed by atoms with Crippen LogP contribution < -0.4 is 5.32 Å². The van der Waals surface area contributed by atoms with Crippen molar-refractivity contribution in [2.24, 2.45) is 0 Å². The third-order valence-electron chi connectivity index (χ3n) is 5.03. The SMILES string of the molecule is CCN(C(=O)COC(=O)c1cccc(C)c1NC(=O)c1ccco1)C1=CCCCC1. The van der Waals surface area contributed by atoms with E-state index in [1.54, 1.807) is 36.1 Å². The molecule has 1 aromatic carbocycles. The zero-order chi connectivity index (χ0) is 21.5. The van der Waals surface area contributed by atoms with Gasteiger partial charge in [0.2, 0.25) is 0 Å². The molecule has 0 spiro atoms. The maximum atomic E-state index is 12.7. The highest BCUT2D eigenvalue weighted by atomic mass is 16.5. The van der Waals surface area contributed by atoms with E-state index in [4.69, 9.17) is 9.15 Å². The van der Waals surface area contributed by atoms with Gasteiger partial charge in [-0.3, -0.25) is 9.59 Å². The van der Waals surface area contributed by atoms with Crippen molar-refractivity contribution in [1.82, 2.24) is 4.90 Å². The zero-order valence-corrected chi connectivity index (χ0v) is 17.3. The predicted octanol–water partition coefficient (Wildman–Crippen LogP) is 4.30. The first-order valence-electron chi connectivity index (χ1n) is 10.1. The number of aryl methyl sites for hydroxylation is 1. The molecule has 2 aromatic rings. The lowest BCUT2D eigenvalue weighted by molar-refractivity contribution is -0.132. The molecule has 0 bridgehead atoms. The minimum absolute atomic E-state index is 0.132. The van der Waals surface area contributed by atoms with Crippen molar-refractivity contribution in [3.8, 4) is 0 Å². The van der Waals surface area contributed by atoms with Gasteiger partial charge < -0.3 is 19.4 Å². The third kappa shape index (κ3) is 4.97. The van der Waals surface area contributed by atoms with Crippen molar-refractivity contribution in [3.05, 3.63) is 65.3 Å². The second-order valence-electron chi connectivity index (χ2n) is 7.08. The molecule has 1 heterocycles. The fourth-order valence-electron chi connectivity index (χ4n) is 3.48. The van der Waals surface area contributed by atoms with Crippen LogP contribution in [0.25, 0.3) is 0 Å². The van der Waals surface area contributed by atoms with Crippen LogP contribution in [0.3, 0.4) is 0 Å². The Kier molecular flexibility index (Phi) is 7.06. The molecule has 7 nitrogen and oxygen atoms in total. The molecule has 3 rings (SSSR count). The minimum Gasteiger partial charge on any atom is -0.459 e. The number of esters is 1. The van der Waals surface area contributed by atoms with Crippen LogP contribution in [0.2, 0.25) is 0 Å². The summed E-state index contributed by atoms with van der Waals surface area (Å²) >= 11 is 0. The molecule has 7 heteroatoms. The second kappa shape index (κ2) is 9.91. The minimum atomic E-state index is -0.671. The molecule has 1 aromatic heterocycles. The Hall–Kier alpha value is -3.35. The monoisotopic (exact) mass is 410 g/mol. The normalized spacial score (nSPS) is 13.3. The molecular weight excluding hydrogens is 384 g/mol. The largest absolute Gasteiger partial charge is 0.459 e. The number of hydrogen-bond donors (Lipinski definition) is 1. The Morgan fingerprint density at radius 3 is 2.67 bits per heavy atom. The summed E-state index contributed by atoms with van der Waals surface area (Å²) in [4.78, 5) is 39.3. The van der Waals surface area contributed by atoms with E-state index in [1.165, 1.54) is 12.3 Å². The number of likely N-dealkylation sites (N-methyl/N-ethyl adjacent to an activating group) is 1. The Balaban J connectivity index is 1.69. The average molecular weight is 410 g/mol. The molecule has 2 amide bonds. The van der Waals surface area contributed by atoms with Crippen LogP contribution >= 0.6 is 0 Å². The first-order chi connectivity index (χ1) is 14.5. The maximum Gasteiger partial charge on any atom is 0.340 e. The van der Waals surface area contributed by atoms with E-state index in [-0.39, 0.29) is 23.8 Å². The van der Waals surface area contributed by atoms with Crippen LogP contribution in [0.5, 0.6) is 0 Å². The first kappa shape index (κ1) is 21.4. The van der Waals surface area contributed by atoms with E-state index in [2.05, 4.69) is 11.4 Å². The Bertz CT molecular complexity index is 947. The molecule has 1 aliphatic rings. The zero-order valence-electron chi connectivity index (χ0n) is 17.3.